The number of aromatic nitrogens is 1. The average Bonchev–Trinajstić information content (AvgIpc) is 2.82. The maximum absolute atomic E-state index is 13.2. The van der Waals surface area contributed by atoms with Gasteiger partial charge in [-0.25, -0.2) is 4.39 Å². The van der Waals surface area contributed by atoms with Gasteiger partial charge in [-0.1, -0.05) is 30.3 Å². The Kier molecular flexibility index (Phi) is 8.18. The number of amides is 1. The molecule has 0 aliphatic carbocycles. The van der Waals surface area contributed by atoms with Crippen molar-refractivity contribution in [3.63, 3.8) is 0 Å². The highest BCUT2D eigenvalue weighted by Gasteiger charge is 2.31. The largest absolute Gasteiger partial charge is 0.386 e. The summed E-state index contributed by atoms with van der Waals surface area (Å²) in [5.41, 5.74) is 3.07. The Labute approximate surface area is 197 Å². The highest BCUT2D eigenvalue weighted by atomic mass is 19.3. The second-order valence-electron chi connectivity index (χ2n) is 9.09. The Morgan fingerprint density at radius 2 is 1.76 bits per heavy atom. The van der Waals surface area contributed by atoms with Crippen molar-refractivity contribution in [2.75, 3.05) is 33.0 Å². The molecule has 2 aromatic rings. The summed E-state index contributed by atoms with van der Waals surface area (Å²) >= 11 is 0. The van der Waals surface area contributed by atoms with Crippen LogP contribution in [0.25, 0.3) is 11.1 Å². The van der Waals surface area contributed by atoms with Gasteiger partial charge in [-0.2, -0.15) is 8.78 Å². The number of rotatable bonds is 9. The van der Waals surface area contributed by atoms with Crippen LogP contribution in [0.5, 0.6) is 0 Å². The molecule has 184 valence electrons. The van der Waals surface area contributed by atoms with Crippen LogP contribution in [0, 0.1) is 11.8 Å². The maximum atomic E-state index is 13.2. The molecular weight excluding hydrogens is 447 g/mol. The fraction of sp³-hybridized carbons (Fsp3) is 0.520. The van der Waals surface area contributed by atoms with Crippen molar-refractivity contribution in [2.45, 2.75) is 38.0 Å². The number of likely N-dealkylation sites (tertiary alicyclic amines) is 1. The quantitative estimate of drug-likeness (QED) is 0.580. The van der Waals surface area contributed by atoms with E-state index in [1.54, 1.807) is 30.5 Å². The Balaban J connectivity index is 1.31. The molecule has 4 rings (SSSR count). The topological polar surface area (TPSA) is 74.7 Å². The van der Waals surface area contributed by atoms with Crippen molar-refractivity contribution < 1.29 is 27.8 Å². The van der Waals surface area contributed by atoms with E-state index in [4.69, 9.17) is 4.74 Å². The van der Waals surface area contributed by atoms with E-state index in [1.165, 1.54) is 12.8 Å². The van der Waals surface area contributed by atoms with Crippen LogP contribution in [0.3, 0.4) is 0 Å². The van der Waals surface area contributed by atoms with Crippen molar-refractivity contribution in [1.82, 2.24) is 15.2 Å². The molecule has 9 heteroatoms. The number of piperidine rings is 1. The number of nitrogens with one attached hydrogen (secondary N) is 1. The van der Waals surface area contributed by atoms with Crippen molar-refractivity contribution in [3.05, 3.63) is 53.9 Å². The lowest BCUT2D eigenvalue weighted by molar-refractivity contribution is -0.133. The molecule has 2 saturated heterocycles. The summed E-state index contributed by atoms with van der Waals surface area (Å²) in [6, 6.07) is 9.20. The number of hydrogen-bond donors (Lipinski definition) is 2. The Hall–Kier alpha value is -2.49. The highest BCUT2D eigenvalue weighted by Crippen LogP contribution is 2.30. The molecule has 0 spiro atoms. The van der Waals surface area contributed by atoms with E-state index in [2.05, 4.69) is 9.88 Å². The van der Waals surface area contributed by atoms with Gasteiger partial charge in [0.05, 0.1) is 24.9 Å². The minimum absolute atomic E-state index is 0.322. The summed E-state index contributed by atoms with van der Waals surface area (Å²) in [4.78, 5) is 18.2. The van der Waals surface area contributed by atoms with Gasteiger partial charge >= 0.3 is 6.43 Å². The fourth-order valence-corrected chi connectivity index (χ4v) is 4.58. The molecule has 34 heavy (non-hydrogen) atoms. The number of carbonyl (C=O) groups excluding carboxylic acids is 1. The lowest BCUT2D eigenvalue weighted by Gasteiger charge is -2.39. The zero-order valence-electron chi connectivity index (χ0n) is 18.9. The van der Waals surface area contributed by atoms with Crippen LogP contribution < -0.4 is 5.32 Å². The second kappa shape index (κ2) is 11.3. The van der Waals surface area contributed by atoms with Gasteiger partial charge in [0.25, 0.3) is 5.91 Å². The molecule has 2 atom stereocenters. The zero-order valence-corrected chi connectivity index (χ0v) is 18.9. The van der Waals surface area contributed by atoms with Gasteiger partial charge in [0.2, 0.25) is 0 Å². The molecule has 6 nitrogen and oxygen atoms in total. The molecule has 1 aromatic carbocycles. The third-order valence-corrected chi connectivity index (χ3v) is 6.83. The van der Waals surface area contributed by atoms with Crippen LogP contribution in [-0.2, 0) is 16.1 Å². The van der Waals surface area contributed by atoms with E-state index in [9.17, 15) is 23.1 Å². The molecule has 3 heterocycles. The summed E-state index contributed by atoms with van der Waals surface area (Å²) in [5, 5.41) is 12.1. The van der Waals surface area contributed by atoms with Crippen LogP contribution in [0.2, 0.25) is 0 Å². The molecule has 2 N–H and O–H groups in total. The van der Waals surface area contributed by atoms with Crippen LogP contribution in [-0.4, -0.2) is 66.3 Å². The molecule has 1 aromatic heterocycles. The number of pyridine rings is 1. The van der Waals surface area contributed by atoms with Gasteiger partial charge in [0.1, 0.15) is 12.8 Å². The van der Waals surface area contributed by atoms with Crippen LogP contribution in [0.4, 0.5) is 13.2 Å². The van der Waals surface area contributed by atoms with Crippen molar-refractivity contribution in [2.24, 2.45) is 11.8 Å². The average molecular weight is 478 g/mol. The summed E-state index contributed by atoms with van der Waals surface area (Å²) in [6.45, 7) is 3.63. The third-order valence-electron chi connectivity index (χ3n) is 6.83. The number of aliphatic hydroxyl groups is 1. The first-order chi connectivity index (χ1) is 16.4. The molecule has 0 radical (unpaired) electrons. The third kappa shape index (κ3) is 5.95. The molecule has 2 aliphatic rings. The zero-order chi connectivity index (χ0) is 24.1. The number of alkyl halides is 3. The van der Waals surface area contributed by atoms with Gasteiger partial charge in [0, 0.05) is 24.2 Å². The molecule has 0 saturated carbocycles. The lowest BCUT2D eigenvalue weighted by atomic mass is 9.83. The van der Waals surface area contributed by atoms with Crippen molar-refractivity contribution in [3.8, 4) is 11.1 Å². The van der Waals surface area contributed by atoms with Gasteiger partial charge in [0.15, 0.2) is 0 Å². The number of ether oxygens (including phenoxy) is 1. The number of benzene rings is 1. The molecule has 2 aliphatic heterocycles. The fourth-order valence-electron chi connectivity index (χ4n) is 4.58. The van der Waals surface area contributed by atoms with Crippen LogP contribution >= 0.6 is 0 Å². The molecule has 0 unspecified atom stereocenters. The van der Waals surface area contributed by atoms with E-state index in [0.717, 1.165) is 61.5 Å². The minimum atomic E-state index is -3.27. The summed E-state index contributed by atoms with van der Waals surface area (Å²) in [6.07, 6.45) is -0.498. The summed E-state index contributed by atoms with van der Waals surface area (Å²) in [5.74, 6) is -0.0873. The first-order valence-corrected chi connectivity index (χ1v) is 11.6. The first kappa shape index (κ1) is 24.6. The normalized spacial score (nSPS) is 19.6. The smallest absolute Gasteiger partial charge is 0.315 e. The molecule has 2 fully saturated rings. The number of carbonyl (C=O) groups is 1. The second-order valence-corrected chi connectivity index (χ2v) is 9.09. The lowest BCUT2D eigenvalue weighted by Crippen LogP contribution is -2.43. The Morgan fingerprint density at radius 1 is 1.09 bits per heavy atom. The van der Waals surface area contributed by atoms with Gasteiger partial charge in [-0.3, -0.25) is 14.7 Å². The Bertz CT molecular complexity index is 931. The maximum Gasteiger partial charge on any atom is 0.315 e. The highest BCUT2D eigenvalue weighted by molar-refractivity contribution is 5.79. The van der Waals surface area contributed by atoms with E-state index in [-0.39, 0.29) is 0 Å². The van der Waals surface area contributed by atoms with E-state index in [1.807, 2.05) is 17.4 Å². The predicted octanol–water partition coefficient (Wildman–Crippen LogP) is 3.36. The minimum Gasteiger partial charge on any atom is -0.386 e. The summed E-state index contributed by atoms with van der Waals surface area (Å²) < 4.78 is 43.4. The number of aliphatic hydroxyl groups excluding tert-OH is 1. The van der Waals surface area contributed by atoms with E-state index in [0.29, 0.717) is 5.56 Å². The molecule has 1 amide bonds. The van der Waals surface area contributed by atoms with E-state index >= 15 is 0 Å². The van der Waals surface area contributed by atoms with Crippen LogP contribution in [0.1, 0.15) is 30.2 Å². The predicted molar refractivity (Wildman–Crippen MR) is 121 cm³/mol. The number of nitrogens with zero attached hydrogens (tertiary/aromatic N) is 2. The Morgan fingerprint density at radius 3 is 2.29 bits per heavy atom. The molecular formula is C25H30F3N3O3. The van der Waals surface area contributed by atoms with Crippen molar-refractivity contribution in [1.29, 1.82) is 0 Å². The van der Waals surface area contributed by atoms with Gasteiger partial charge in [-0.05, 0) is 49.0 Å². The molecule has 0 bridgehead atoms. The van der Waals surface area contributed by atoms with Gasteiger partial charge in [-0.15, -0.1) is 0 Å². The van der Waals surface area contributed by atoms with E-state index < -0.39 is 31.2 Å². The van der Waals surface area contributed by atoms with Crippen LogP contribution in [0.15, 0.2) is 42.6 Å². The number of hydrogen-bond acceptors (Lipinski definition) is 5. The first-order valence-electron chi connectivity index (χ1n) is 11.6. The number of halogens is 3. The van der Waals surface area contributed by atoms with Crippen molar-refractivity contribution >= 4 is 5.91 Å². The van der Waals surface area contributed by atoms with Gasteiger partial charge < -0.3 is 15.2 Å². The standard InChI is InChI=1S/C25H30F3N3O3/c26-11-22(30-25(33)24(27)28)23(32)18-3-1-16(2-4-18)19-5-6-21(29-12-19)13-31-9-7-17(8-10-31)20-14-34-15-20/h1-6,12,17,20,22-24,32H,7-11,13-15H2,(H,30,33)/t22-,23-/m1/s1. The SMILES string of the molecule is O=C(N[C@H](CF)[C@H](O)c1ccc(-c2ccc(CN3CCC(C4COC4)CC3)nc2)cc1)C(F)F. The summed E-state index contributed by atoms with van der Waals surface area (Å²) in [7, 11) is 0. The monoisotopic (exact) mass is 477 g/mol.